The Hall–Kier alpha value is -1.68. The molecule has 0 saturated carbocycles. The number of fused-ring (bicyclic) bond motifs is 1. The van der Waals surface area contributed by atoms with Crippen molar-refractivity contribution in [2.75, 3.05) is 0 Å². The van der Waals surface area contributed by atoms with Gasteiger partial charge in [-0.15, -0.1) is 0 Å². The molecule has 0 saturated heterocycles. The molecule has 1 aromatic carbocycles. The summed E-state index contributed by atoms with van der Waals surface area (Å²) in [4.78, 5) is 25.5. The average molecular weight is 232 g/mol. The van der Waals surface area contributed by atoms with Crippen LogP contribution in [0, 0.1) is 0 Å². The van der Waals surface area contributed by atoms with E-state index in [4.69, 9.17) is 5.73 Å². The lowest BCUT2D eigenvalue weighted by Gasteiger charge is -2.27. The first-order chi connectivity index (χ1) is 8.07. The summed E-state index contributed by atoms with van der Waals surface area (Å²) in [5.74, 6) is -0.469. The van der Waals surface area contributed by atoms with E-state index in [1.165, 1.54) is 4.90 Å². The molecule has 2 N–H and O–H groups in total. The van der Waals surface area contributed by atoms with E-state index in [0.29, 0.717) is 11.1 Å². The Morgan fingerprint density at radius 2 is 1.65 bits per heavy atom. The third kappa shape index (κ3) is 1.74. The van der Waals surface area contributed by atoms with Crippen LogP contribution >= 0.6 is 0 Å². The maximum absolute atomic E-state index is 12.1. The van der Waals surface area contributed by atoms with Crippen LogP contribution in [0.15, 0.2) is 24.3 Å². The second-order valence-corrected chi connectivity index (χ2v) is 4.34. The third-order valence-corrected chi connectivity index (χ3v) is 3.32. The van der Waals surface area contributed by atoms with Gasteiger partial charge in [0.2, 0.25) is 0 Å². The summed E-state index contributed by atoms with van der Waals surface area (Å²) >= 11 is 0. The van der Waals surface area contributed by atoms with Gasteiger partial charge in [-0.3, -0.25) is 14.5 Å². The molecule has 4 nitrogen and oxygen atoms in total. The highest BCUT2D eigenvalue weighted by molar-refractivity contribution is 6.21. The van der Waals surface area contributed by atoms with Crippen molar-refractivity contribution in [3.8, 4) is 0 Å². The Bertz CT molecular complexity index is 435. The molecule has 2 atom stereocenters. The molecular weight excluding hydrogens is 216 g/mol. The summed E-state index contributed by atoms with van der Waals surface area (Å²) in [5.41, 5.74) is 6.87. The highest BCUT2D eigenvalue weighted by atomic mass is 16.2. The molecule has 2 unspecified atom stereocenters. The van der Waals surface area contributed by atoms with Crippen LogP contribution in [0.25, 0.3) is 0 Å². The molecule has 1 heterocycles. The zero-order valence-corrected chi connectivity index (χ0v) is 10.0. The van der Waals surface area contributed by atoms with Crippen LogP contribution in [0.5, 0.6) is 0 Å². The normalized spacial score (nSPS) is 18.2. The van der Waals surface area contributed by atoms with E-state index in [1.807, 2.05) is 13.8 Å². The standard InChI is InChI=1S/C13H16N2O2/c1-3-11(14)8(2)15-12(16)9-6-4-5-7-10(9)13(15)17/h4-8,11H,3,14H2,1-2H3. The van der Waals surface area contributed by atoms with Gasteiger partial charge in [0, 0.05) is 6.04 Å². The summed E-state index contributed by atoms with van der Waals surface area (Å²) in [6, 6.07) is 6.43. The van der Waals surface area contributed by atoms with Crippen LogP contribution in [0.3, 0.4) is 0 Å². The highest BCUT2D eigenvalue weighted by Gasteiger charge is 2.39. The number of nitrogens with two attached hydrogens (primary N) is 1. The minimum Gasteiger partial charge on any atom is -0.326 e. The van der Waals surface area contributed by atoms with Gasteiger partial charge in [-0.2, -0.15) is 0 Å². The number of amides is 2. The fourth-order valence-electron chi connectivity index (χ4n) is 2.11. The number of hydrogen-bond donors (Lipinski definition) is 1. The summed E-state index contributed by atoms with van der Waals surface area (Å²) in [6.45, 7) is 3.76. The van der Waals surface area contributed by atoms with E-state index in [2.05, 4.69) is 0 Å². The maximum atomic E-state index is 12.1. The molecule has 2 amide bonds. The first-order valence-corrected chi connectivity index (χ1v) is 5.80. The lowest BCUT2D eigenvalue weighted by Crippen LogP contribution is -2.48. The topological polar surface area (TPSA) is 63.4 Å². The van der Waals surface area contributed by atoms with E-state index in [9.17, 15) is 9.59 Å². The molecule has 90 valence electrons. The predicted octanol–water partition coefficient (Wildman–Crippen LogP) is 1.41. The summed E-state index contributed by atoms with van der Waals surface area (Å²) in [7, 11) is 0. The average Bonchev–Trinajstić information content (AvgIpc) is 2.61. The van der Waals surface area contributed by atoms with Crippen molar-refractivity contribution >= 4 is 11.8 Å². The molecular formula is C13H16N2O2. The Balaban J connectivity index is 2.36. The zero-order chi connectivity index (χ0) is 12.6. The van der Waals surface area contributed by atoms with E-state index < -0.39 is 0 Å². The number of hydrogen-bond acceptors (Lipinski definition) is 3. The van der Waals surface area contributed by atoms with Gasteiger partial charge in [0.1, 0.15) is 0 Å². The second-order valence-electron chi connectivity index (χ2n) is 4.34. The smallest absolute Gasteiger partial charge is 0.261 e. The summed E-state index contributed by atoms with van der Waals surface area (Å²) < 4.78 is 0. The van der Waals surface area contributed by atoms with Crippen LogP contribution in [0.1, 0.15) is 41.0 Å². The molecule has 1 aliphatic rings. The maximum Gasteiger partial charge on any atom is 0.261 e. The fourth-order valence-corrected chi connectivity index (χ4v) is 2.11. The number of benzene rings is 1. The molecule has 0 fully saturated rings. The van der Waals surface area contributed by atoms with E-state index in [0.717, 1.165) is 6.42 Å². The van der Waals surface area contributed by atoms with Crippen molar-refractivity contribution in [3.63, 3.8) is 0 Å². The number of imide groups is 1. The van der Waals surface area contributed by atoms with Crippen LogP contribution in [-0.2, 0) is 0 Å². The van der Waals surface area contributed by atoms with Gasteiger partial charge in [0.15, 0.2) is 0 Å². The fraction of sp³-hybridized carbons (Fsp3) is 0.385. The quantitative estimate of drug-likeness (QED) is 0.801. The molecule has 0 spiro atoms. The molecule has 1 aromatic rings. The van der Waals surface area contributed by atoms with Crippen LogP contribution < -0.4 is 5.73 Å². The zero-order valence-electron chi connectivity index (χ0n) is 10.0. The number of nitrogens with zero attached hydrogens (tertiary/aromatic N) is 1. The van der Waals surface area contributed by atoms with Gasteiger partial charge in [-0.05, 0) is 25.5 Å². The summed E-state index contributed by atoms with van der Waals surface area (Å²) in [6.07, 6.45) is 0.731. The molecule has 0 aliphatic carbocycles. The van der Waals surface area contributed by atoms with Crippen molar-refractivity contribution in [1.29, 1.82) is 0 Å². The molecule has 4 heteroatoms. The van der Waals surface area contributed by atoms with Crippen LogP contribution in [0.4, 0.5) is 0 Å². The first-order valence-electron chi connectivity index (χ1n) is 5.80. The lowest BCUT2D eigenvalue weighted by molar-refractivity contribution is 0.0574. The second kappa shape index (κ2) is 4.30. The monoisotopic (exact) mass is 232 g/mol. The van der Waals surface area contributed by atoms with Gasteiger partial charge in [0.25, 0.3) is 11.8 Å². The Labute approximate surface area is 100 Å². The Morgan fingerprint density at radius 3 is 2.06 bits per heavy atom. The lowest BCUT2D eigenvalue weighted by atomic mass is 10.1. The van der Waals surface area contributed by atoms with Gasteiger partial charge in [0.05, 0.1) is 17.2 Å². The molecule has 1 aliphatic heterocycles. The summed E-state index contributed by atoms with van der Waals surface area (Å²) in [5, 5.41) is 0. The van der Waals surface area contributed by atoms with Crippen molar-refractivity contribution in [3.05, 3.63) is 35.4 Å². The van der Waals surface area contributed by atoms with Gasteiger partial charge in [-0.25, -0.2) is 0 Å². The molecule has 2 rings (SSSR count). The SMILES string of the molecule is CCC(N)C(C)N1C(=O)c2ccccc2C1=O. The number of carbonyl (C=O) groups excluding carboxylic acids is 2. The molecule has 0 aromatic heterocycles. The predicted molar refractivity (Wildman–Crippen MR) is 64.7 cm³/mol. The van der Waals surface area contributed by atoms with E-state index in [-0.39, 0.29) is 23.9 Å². The van der Waals surface area contributed by atoms with Crippen molar-refractivity contribution in [2.45, 2.75) is 32.4 Å². The third-order valence-electron chi connectivity index (χ3n) is 3.32. The van der Waals surface area contributed by atoms with Gasteiger partial charge >= 0.3 is 0 Å². The first kappa shape index (κ1) is 11.8. The van der Waals surface area contributed by atoms with Gasteiger partial charge in [-0.1, -0.05) is 19.1 Å². The minimum absolute atomic E-state index is 0.183. The number of carbonyl (C=O) groups is 2. The molecule has 0 radical (unpaired) electrons. The van der Waals surface area contributed by atoms with Crippen molar-refractivity contribution in [1.82, 2.24) is 4.90 Å². The van der Waals surface area contributed by atoms with Crippen LogP contribution in [-0.4, -0.2) is 28.8 Å². The van der Waals surface area contributed by atoms with Gasteiger partial charge < -0.3 is 5.73 Å². The Kier molecular flexibility index (Phi) is 2.98. The number of rotatable bonds is 3. The largest absolute Gasteiger partial charge is 0.326 e. The van der Waals surface area contributed by atoms with Crippen molar-refractivity contribution < 1.29 is 9.59 Å². The van der Waals surface area contributed by atoms with E-state index >= 15 is 0 Å². The molecule has 0 bridgehead atoms. The van der Waals surface area contributed by atoms with Crippen molar-refractivity contribution in [2.24, 2.45) is 5.73 Å². The Morgan fingerprint density at radius 1 is 1.18 bits per heavy atom. The van der Waals surface area contributed by atoms with E-state index in [1.54, 1.807) is 24.3 Å². The molecule has 17 heavy (non-hydrogen) atoms. The highest BCUT2D eigenvalue weighted by Crippen LogP contribution is 2.25. The van der Waals surface area contributed by atoms with Crippen LogP contribution in [0.2, 0.25) is 0 Å². The minimum atomic E-state index is -0.271.